The topological polar surface area (TPSA) is 65.9 Å². The average Bonchev–Trinajstić information content (AvgIpc) is 2.65. The molecule has 29 heavy (non-hydrogen) atoms. The Kier molecular flexibility index (Phi) is 5.43. The predicted molar refractivity (Wildman–Crippen MR) is 108 cm³/mol. The molecule has 0 aliphatic carbocycles. The van der Waals surface area contributed by atoms with Crippen molar-refractivity contribution < 1.29 is 13.5 Å². The molecular weight excluding hydrogens is 374 g/mol. The molecule has 150 valence electrons. The van der Waals surface area contributed by atoms with E-state index in [2.05, 4.69) is 15.8 Å². The molecule has 6 heteroatoms. The lowest BCUT2D eigenvalue weighted by molar-refractivity contribution is -0.158. The van der Waals surface area contributed by atoms with Crippen molar-refractivity contribution in [3.8, 4) is 11.8 Å². The van der Waals surface area contributed by atoms with Crippen LogP contribution in [0, 0.1) is 11.3 Å². The van der Waals surface area contributed by atoms with Crippen LogP contribution in [0.25, 0.3) is 10.9 Å². The molecule has 3 aromatic rings. The number of nitrogens with one attached hydrogen (secondary N) is 1. The van der Waals surface area contributed by atoms with Gasteiger partial charge in [0.25, 0.3) is 5.56 Å². The highest BCUT2D eigenvalue weighted by Crippen LogP contribution is 2.31. The number of aromatic amines is 1. The van der Waals surface area contributed by atoms with E-state index in [4.69, 9.17) is 0 Å². The summed E-state index contributed by atoms with van der Waals surface area (Å²) in [5, 5.41) is 10.8. The third kappa shape index (κ3) is 4.62. The van der Waals surface area contributed by atoms with Crippen LogP contribution in [-0.2, 0) is 18.3 Å². The first-order valence-electron chi connectivity index (χ1n) is 9.37. The second-order valence-electron chi connectivity index (χ2n) is 7.46. The van der Waals surface area contributed by atoms with Gasteiger partial charge in [0.15, 0.2) is 0 Å². The van der Waals surface area contributed by atoms with Crippen molar-refractivity contribution in [1.82, 2.24) is 4.98 Å². The zero-order chi connectivity index (χ0) is 21.2. The van der Waals surface area contributed by atoms with E-state index in [-0.39, 0.29) is 11.3 Å². The summed E-state index contributed by atoms with van der Waals surface area (Å²) in [4.78, 5) is 15.0. The van der Waals surface area contributed by atoms with E-state index < -0.39 is 11.5 Å². The molecule has 3 rings (SSSR count). The first kappa shape index (κ1) is 20.5. The molecule has 1 heterocycles. The molecule has 0 fully saturated rings. The second-order valence-corrected chi connectivity index (χ2v) is 7.46. The van der Waals surface area contributed by atoms with Crippen LogP contribution in [0.1, 0.15) is 37.5 Å². The number of pyridine rings is 1. The van der Waals surface area contributed by atoms with Gasteiger partial charge in [0.1, 0.15) is 5.75 Å². The number of nitriles is 1. The van der Waals surface area contributed by atoms with Crippen molar-refractivity contribution in [2.45, 2.75) is 45.1 Å². The third-order valence-electron chi connectivity index (χ3n) is 4.94. The van der Waals surface area contributed by atoms with E-state index in [9.17, 15) is 18.8 Å². The number of benzene rings is 2. The van der Waals surface area contributed by atoms with Crippen molar-refractivity contribution in [3.05, 3.63) is 75.6 Å². The summed E-state index contributed by atoms with van der Waals surface area (Å²) in [6.07, 6.45) is -2.34. The maximum atomic E-state index is 13.1. The summed E-state index contributed by atoms with van der Waals surface area (Å²) in [7, 11) is 0. The molecule has 0 aliphatic rings. The van der Waals surface area contributed by atoms with E-state index in [0.29, 0.717) is 36.4 Å². The van der Waals surface area contributed by atoms with Crippen molar-refractivity contribution in [2.24, 2.45) is 0 Å². The van der Waals surface area contributed by atoms with Crippen LogP contribution in [0.2, 0.25) is 0 Å². The van der Waals surface area contributed by atoms with Gasteiger partial charge in [0.2, 0.25) is 0 Å². The van der Waals surface area contributed by atoms with Crippen LogP contribution in [-0.4, -0.2) is 11.1 Å². The van der Waals surface area contributed by atoms with Gasteiger partial charge in [0.05, 0.1) is 11.5 Å². The Morgan fingerprint density at radius 1 is 1.14 bits per heavy atom. The lowest BCUT2D eigenvalue weighted by Gasteiger charge is -2.23. The van der Waals surface area contributed by atoms with Crippen molar-refractivity contribution in [1.29, 1.82) is 5.26 Å². The number of aromatic nitrogens is 1. The zero-order valence-electron chi connectivity index (χ0n) is 16.6. The lowest BCUT2D eigenvalue weighted by Crippen LogP contribution is -2.23. The van der Waals surface area contributed by atoms with Crippen LogP contribution >= 0.6 is 0 Å². The molecule has 4 nitrogen and oxygen atoms in total. The Morgan fingerprint density at radius 2 is 1.90 bits per heavy atom. The van der Waals surface area contributed by atoms with Gasteiger partial charge in [-0.05, 0) is 60.5 Å². The highest BCUT2D eigenvalue weighted by atomic mass is 19.3. The minimum atomic E-state index is -3.28. The van der Waals surface area contributed by atoms with E-state index in [1.807, 2.05) is 25.1 Å². The molecule has 1 atom stereocenters. The Morgan fingerprint density at radius 3 is 2.55 bits per heavy atom. The van der Waals surface area contributed by atoms with Crippen LogP contribution in [0.3, 0.4) is 0 Å². The molecule has 0 saturated heterocycles. The predicted octanol–water partition coefficient (Wildman–Crippen LogP) is 5.11. The molecule has 0 amide bonds. The Hall–Kier alpha value is -3.20. The van der Waals surface area contributed by atoms with Gasteiger partial charge >= 0.3 is 6.11 Å². The minimum absolute atomic E-state index is 0.0465. The molecule has 1 aromatic heterocycles. The molecule has 2 aromatic carbocycles. The fourth-order valence-electron chi connectivity index (χ4n) is 3.39. The first-order valence-corrected chi connectivity index (χ1v) is 9.37. The van der Waals surface area contributed by atoms with E-state index >= 15 is 0 Å². The van der Waals surface area contributed by atoms with Crippen molar-refractivity contribution in [2.75, 3.05) is 0 Å². The molecule has 0 radical (unpaired) electrons. The standard InChI is InChI=1S/C23H22F2N2O2/c1-4-16-11-17-8-9-18(12-20(17)27-21(16)28)22(2,14-26)13-15-6-5-7-19(10-15)29-23(3,24)25/h5-12H,4,13H2,1-3H3,(H,27,28). The largest absolute Gasteiger partial charge is 0.433 e. The van der Waals surface area contributed by atoms with Gasteiger partial charge in [0, 0.05) is 18.0 Å². The number of ether oxygens (including phenoxy) is 1. The molecule has 1 N–H and O–H groups in total. The van der Waals surface area contributed by atoms with Crippen LogP contribution in [0.5, 0.6) is 5.75 Å². The summed E-state index contributed by atoms with van der Waals surface area (Å²) in [5.74, 6) is 0.0465. The van der Waals surface area contributed by atoms with Crippen LogP contribution in [0.4, 0.5) is 8.78 Å². The minimum Gasteiger partial charge on any atom is -0.433 e. The number of H-pyrrole nitrogens is 1. The zero-order valence-corrected chi connectivity index (χ0v) is 16.6. The molecule has 0 aliphatic heterocycles. The molecular formula is C23H22F2N2O2. The van der Waals surface area contributed by atoms with Gasteiger partial charge in [-0.15, -0.1) is 0 Å². The van der Waals surface area contributed by atoms with Crippen LogP contribution in [0.15, 0.2) is 53.3 Å². The molecule has 0 saturated carbocycles. The number of rotatable bonds is 6. The molecule has 1 unspecified atom stereocenters. The third-order valence-corrected chi connectivity index (χ3v) is 4.94. The van der Waals surface area contributed by atoms with Gasteiger partial charge < -0.3 is 9.72 Å². The SMILES string of the molecule is CCc1cc2ccc(C(C)(C#N)Cc3cccc(OC(C)(F)F)c3)cc2[nH]c1=O. The van der Waals surface area contributed by atoms with E-state index in [1.54, 1.807) is 25.1 Å². The molecule has 0 spiro atoms. The van der Waals surface area contributed by atoms with Gasteiger partial charge in [-0.25, -0.2) is 0 Å². The summed E-state index contributed by atoms with van der Waals surface area (Å²) >= 11 is 0. The first-order chi connectivity index (χ1) is 13.6. The number of hydrogen-bond acceptors (Lipinski definition) is 3. The summed E-state index contributed by atoms with van der Waals surface area (Å²) in [6, 6.07) is 16.1. The maximum absolute atomic E-state index is 13.1. The van der Waals surface area contributed by atoms with Crippen LogP contribution < -0.4 is 10.3 Å². The Labute approximate surface area is 167 Å². The number of hydrogen-bond donors (Lipinski definition) is 1. The Balaban J connectivity index is 1.96. The smallest absolute Gasteiger partial charge is 0.394 e. The summed E-state index contributed by atoms with van der Waals surface area (Å²) < 4.78 is 30.9. The normalized spacial score (nSPS) is 13.7. The molecule has 0 bridgehead atoms. The fraction of sp³-hybridized carbons (Fsp3) is 0.304. The number of aryl methyl sites for hydroxylation is 1. The van der Waals surface area contributed by atoms with Gasteiger partial charge in [-0.3, -0.25) is 4.79 Å². The summed E-state index contributed by atoms with van der Waals surface area (Å²) in [6.45, 7) is 4.39. The average molecular weight is 396 g/mol. The summed E-state index contributed by atoms with van der Waals surface area (Å²) in [5.41, 5.74) is 1.75. The fourth-order valence-corrected chi connectivity index (χ4v) is 3.39. The van der Waals surface area contributed by atoms with Crippen molar-refractivity contribution >= 4 is 10.9 Å². The second kappa shape index (κ2) is 7.67. The lowest BCUT2D eigenvalue weighted by atomic mass is 9.78. The van der Waals surface area contributed by atoms with Crippen molar-refractivity contribution in [3.63, 3.8) is 0 Å². The highest BCUT2D eigenvalue weighted by Gasteiger charge is 2.28. The van der Waals surface area contributed by atoms with Gasteiger partial charge in [-0.2, -0.15) is 14.0 Å². The monoisotopic (exact) mass is 396 g/mol. The number of fused-ring (bicyclic) bond motifs is 1. The number of alkyl halides is 2. The van der Waals surface area contributed by atoms with E-state index in [0.717, 1.165) is 10.9 Å². The Bertz CT molecular complexity index is 1140. The quantitative estimate of drug-likeness (QED) is 0.630. The van der Waals surface area contributed by atoms with Gasteiger partial charge in [-0.1, -0.05) is 31.2 Å². The number of halogens is 2. The highest BCUT2D eigenvalue weighted by molar-refractivity contribution is 5.80. The van der Waals surface area contributed by atoms with E-state index in [1.165, 1.54) is 12.1 Å². The number of nitrogens with zero attached hydrogens (tertiary/aromatic N) is 1. The maximum Gasteiger partial charge on any atom is 0.394 e.